The molecule has 4 rings (SSSR count). The Morgan fingerprint density at radius 3 is 2.69 bits per heavy atom. The van der Waals surface area contributed by atoms with Crippen LogP contribution in [0, 0.1) is 12.8 Å². The Kier molecular flexibility index (Phi) is 6.45. The highest BCUT2D eigenvalue weighted by atomic mass is 35.5. The number of carbonyl (C=O) groups excluding carboxylic acids is 1. The molecule has 1 aliphatic rings. The standard InChI is InChI=1S/C25H31ClN4O2/c1-17-23(28-22-6-4-5-13-30(17)22)20-16-19(7-8-21(20)26)29-14-9-18(10-15-29)24(31)27-12-11-25(2,3)32/h4-8,13,16,18,32H,9-12,14-15H2,1-3H3,(H,27,31). The van der Waals surface area contributed by atoms with E-state index in [0.717, 1.165) is 54.2 Å². The molecule has 1 fully saturated rings. The molecule has 32 heavy (non-hydrogen) atoms. The molecule has 0 atom stereocenters. The van der Waals surface area contributed by atoms with Crippen LogP contribution in [0.5, 0.6) is 0 Å². The molecule has 170 valence electrons. The summed E-state index contributed by atoms with van der Waals surface area (Å²) in [5, 5.41) is 13.5. The van der Waals surface area contributed by atoms with E-state index in [2.05, 4.69) is 27.6 Å². The Labute approximate surface area is 194 Å². The van der Waals surface area contributed by atoms with Crippen LogP contribution in [-0.2, 0) is 4.79 Å². The first kappa shape index (κ1) is 22.6. The number of amides is 1. The molecule has 0 saturated carbocycles. The summed E-state index contributed by atoms with van der Waals surface area (Å²) >= 11 is 6.58. The van der Waals surface area contributed by atoms with Crippen LogP contribution in [0.4, 0.5) is 5.69 Å². The van der Waals surface area contributed by atoms with Crippen molar-refractivity contribution in [1.82, 2.24) is 14.7 Å². The van der Waals surface area contributed by atoms with Crippen molar-refractivity contribution >= 4 is 28.8 Å². The molecule has 1 saturated heterocycles. The van der Waals surface area contributed by atoms with Gasteiger partial charge < -0.3 is 19.7 Å². The maximum absolute atomic E-state index is 12.5. The van der Waals surface area contributed by atoms with E-state index in [1.165, 1.54) is 0 Å². The van der Waals surface area contributed by atoms with Gasteiger partial charge in [0, 0.05) is 48.7 Å². The fraction of sp³-hybridized carbons (Fsp3) is 0.440. The van der Waals surface area contributed by atoms with Crippen molar-refractivity contribution in [1.29, 1.82) is 0 Å². The molecule has 3 heterocycles. The molecule has 0 spiro atoms. The Bertz CT molecular complexity index is 1110. The molecular weight excluding hydrogens is 424 g/mol. The number of rotatable bonds is 6. The third kappa shape index (κ3) is 4.92. The van der Waals surface area contributed by atoms with E-state index >= 15 is 0 Å². The molecule has 0 radical (unpaired) electrons. The van der Waals surface area contributed by atoms with Gasteiger partial charge in [-0.2, -0.15) is 0 Å². The van der Waals surface area contributed by atoms with Crippen LogP contribution in [-0.4, -0.2) is 45.6 Å². The molecule has 0 bridgehead atoms. The third-order valence-corrected chi connectivity index (χ3v) is 6.57. The minimum atomic E-state index is -0.762. The molecule has 6 nitrogen and oxygen atoms in total. The molecule has 1 amide bonds. The number of anilines is 1. The lowest BCUT2D eigenvalue weighted by Gasteiger charge is -2.33. The molecule has 3 aromatic rings. The van der Waals surface area contributed by atoms with Crippen molar-refractivity contribution < 1.29 is 9.90 Å². The minimum Gasteiger partial charge on any atom is -0.390 e. The van der Waals surface area contributed by atoms with Crippen molar-refractivity contribution in [2.45, 2.75) is 45.6 Å². The molecule has 2 N–H and O–H groups in total. The van der Waals surface area contributed by atoms with E-state index < -0.39 is 5.60 Å². The Hall–Kier alpha value is -2.57. The van der Waals surface area contributed by atoms with Gasteiger partial charge in [0.05, 0.1) is 16.3 Å². The maximum Gasteiger partial charge on any atom is 0.223 e. The highest BCUT2D eigenvalue weighted by Gasteiger charge is 2.26. The Morgan fingerprint density at radius 2 is 2.00 bits per heavy atom. The van der Waals surface area contributed by atoms with Gasteiger partial charge in [-0.05, 0) is 70.4 Å². The predicted molar refractivity (Wildman–Crippen MR) is 129 cm³/mol. The van der Waals surface area contributed by atoms with Gasteiger partial charge in [-0.25, -0.2) is 4.98 Å². The van der Waals surface area contributed by atoms with Crippen LogP contribution in [0.1, 0.15) is 38.8 Å². The van der Waals surface area contributed by atoms with Crippen LogP contribution < -0.4 is 10.2 Å². The number of halogens is 1. The number of aliphatic hydroxyl groups is 1. The van der Waals surface area contributed by atoms with E-state index in [1.807, 2.05) is 36.5 Å². The van der Waals surface area contributed by atoms with E-state index in [4.69, 9.17) is 16.6 Å². The summed E-state index contributed by atoms with van der Waals surface area (Å²) in [4.78, 5) is 19.6. The van der Waals surface area contributed by atoms with Gasteiger partial charge in [-0.3, -0.25) is 4.79 Å². The number of hydrogen-bond donors (Lipinski definition) is 2. The average molecular weight is 455 g/mol. The SMILES string of the molecule is Cc1c(-c2cc(N3CCC(C(=O)NCCC(C)(C)O)CC3)ccc2Cl)nc2ccccn12. The normalized spacial score (nSPS) is 15.3. The van der Waals surface area contributed by atoms with Gasteiger partial charge >= 0.3 is 0 Å². The van der Waals surface area contributed by atoms with Crippen molar-refractivity contribution in [2.24, 2.45) is 5.92 Å². The molecule has 1 aromatic carbocycles. The fourth-order valence-electron chi connectivity index (χ4n) is 4.30. The van der Waals surface area contributed by atoms with Gasteiger partial charge in [0.2, 0.25) is 5.91 Å². The monoisotopic (exact) mass is 454 g/mol. The van der Waals surface area contributed by atoms with Gasteiger partial charge in [0.1, 0.15) is 5.65 Å². The quantitative estimate of drug-likeness (QED) is 0.577. The van der Waals surface area contributed by atoms with Crippen molar-refractivity contribution in [3.8, 4) is 11.3 Å². The summed E-state index contributed by atoms with van der Waals surface area (Å²) in [6.07, 6.45) is 4.17. The average Bonchev–Trinajstić information content (AvgIpc) is 3.10. The zero-order valence-corrected chi connectivity index (χ0v) is 19.7. The fourth-order valence-corrected chi connectivity index (χ4v) is 4.51. The molecule has 0 unspecified atom stereocenters. The van der Waals surface area contributed by atoms with Crippen molar-refractivity contribution in [2.75, 3.05) is 24.5 Å². The van der Waals surface area contributed by atoms with Gasteiger partial charge in [-0.15, -0.1) is 0 Å². The highest BCUT2D eigenvalue weighted by molar-refractivity contribution is 6.33. The van der Waals surface area contributed by atoms with Crippen LogP contribution in [0.15, 0.2) is 42.6 Å². The molecular formula is C25H31ClN4O2. The number of carbonyl (C=O) groups is 1. The maximum atomic E-state index is 12.5. The summed E-state index contributed by atoms with van der Waals surface area (Å²) < 4.78 is 2.07. The first-order valence-corrected chi connectivity index (χ1v) is 11.6. The van der Waals surface area contributed by atoms with E-state index in [9.17, 15) is 9.90 Å². The number of hydrogen-bond acceptors (Lipinski definition) is 4. The molecule has 0 aliphatic carbocycles. The second-order valence-corrected chi connectivity index (χ2v) is 9.66. The third-order valence-electron chi connectivity index (χ3n) is 6.24. The van der Waals surface area contributed by atoms with E-state index in [-0.39, 0.29) is 11.8 Å². The van der Waals surface area contributed by atoms with Crippen LogP contribution in [0.3, 0.4) is 0 Å². The summed E-state index contributed by atoms with van der Waals surface area (Å²) in [6, 6.07) is 12.1. The second kappa shape index (κ2) is 9.12. The van der Waals surface area contributed by atoms with E-state index in [0.29, 0.717) is 18.0 Å². The lowest BCUT2D eigenvalue weighted by Crippen LogP contribution is -2.41. The van der Waals surface area contributed by atoms with Crippen LogP contribution >= 0.6 is 11.6 Å². The van der Waals surface area contributed by atoms with Crippen LogP contribution in [0.2, 0.25) is 5.02 Å². The minimum absolute atomic E-state index is 0.0144. The molecule has 7 heteroatoms. The Balaban J connectivity index is 1.44. The van der Waals surface area contributed by atoms with Gasteiger partial charge in [-0.1, -0.05) is 17.7 Å². The lowest BCUT2D eigenvalue weighted by atomic mass is 9.95. The number of aromatic nitrogens is 2. The predicted octanol–water partition coefficient (Wildman–Crippen LogP) is 4.46. The molecule has 1 aliphatic heterocycles. The zero-order chi connectivity index (χ0) is 22.9. The molecule has 2 aromatic heterocycles. The number of pyridine rings is 1. The van der Waals surface area contributed by atoms with Crippen molar-refractivity contribution in [3.05, 3.63) is 53.3 Å². The summed E-state index contributed by atoms with van der Waals surface area (Å²) in [7, 11) is 0. The number of imidazole rings is 1. The number of nitrogens with one attached hydrogen (secondary N) is 1. The number of fused-ring (bicyclic) bond motifs is 1. The second-order valence-electron chi connectivity index (χ2n) is 9.25. The summed E-state index contributed by atoms with van der Waals surface area (Å²) in [6.45, 7) is 7.70. The highest BCUT2D eigenvalue weighted by Crippen LogP contribution is 2.35. The summed E-state index contributed by atoms with van der Waals surface area (Å²) in [5.41, 5.74) is 4.11. The Morgan fingerprint density at radius 1 is 1.25 bits per heavy atom. The van der Waals surface area contributed by atoms with E-state index in [1.54, 1.807) is 13.8 Å². The lowest BCUT2D eigenvalue weighted by molar-refractivity contribution is -0.125. The largest absolute Gasteiger partial charge is 0.390 e. The topological polar surface area (TPSA) is 69.9 Å². The first-order chi connectivity index (χ1) is 15.2. The zero-order valence-electron chi connectivity index (χ0n) is 18.9. The van der Waals surface area contributed by atoms with Gasteiger partial charge in [0.25, 0.3) is 0 Å². The van der Waals surface area contributed by atoms with Crippen LogP contribution in [0.25, 0.3) is 16.9 Å². The number of aryl methyl sites for hydroxylation is 1. The van der Waals surface area contributed by atoms with Gasteiger partial charge in [0.15, 0.2) is 0 Å². The summed E-state index contributed by atoms with van der Waals surface area (Å²) in [5.74, 6) is 0.103. The smallest absolute Gasteiger partial charge is 0.223 e. The number of nitrogens with zero attached hydrogens (tertiary/aromatic N) is 3. The van der Waals surface area contributed by atoms with Crippen molar-refractivity contribution in [3.63, 3.8) is 0 Å². The number of benzene rings is 1. The number of piperidine rings is 1. The first-order valence-electron chi connectivity index (χ1n) is 11.2.